The van der Waals surface area contributed by atoms with Crippen LogP contribution in [-0.4, -0.2) is 34.2 Å². The lowest BCUT2D eigenvalue weighted by Gasteiger charge is -2.17. The Morgan fingerprint density at radius 2 is 1.72 bits per heavy atom. The molecule has 0 aliphatic rings. The molecule has 0 saturated heterocycles. The third kappa shape index (κ3) is 4.20. The first-order valence-corrected chi connectivity index (χ1v) is 9.04. The van der Waals surface area contributed by atoms with Crippen molar-refractivity contribution in [1.82, 2.24) is 5.32 Å². The molecular formula is C22H21NO6. The summed E-state index contributed by atoms with van der Waals surface area (Å²) in [4.78, 5) is 35.9. The molecule has 0 radical (unpaired) electrons. The topological polar surface area (TPSA) is 117 Å². The Morgan fingerprint density at radius 3 is 2.31 bits per heavy atom. The van der Waals surface area contributed by atoms with Crippen LogP contribution < -0.4 is 10.7 Å². The number of carbonyl (C=O) groups is 2. The predicted molar refractivity (Wildman–Crippen MR) is 108 cm³/mol. The standard InChI is InChI=1S/C22H21NO6/c1-11-8-12(2)20-16(9-11)17(25)10-18(29-20)14-4-6-15(7-5-14)21(26)23-19(13(3)24)22(27)28/h4-10,13,19,24H,1-3H3,(H,23,26)(H,27,28). The zero-order valence-electron chi connectivity index (χ0n) is 16.2. The van der Waals surface area contributed by atoms with Crippen molar-refractivity contribution in [3.05, 3.63) is 69.4 Å². The highest BCUT2D eigenvalue weighted by Gasteiger charge is 2.25. The van der Waals surface area contributed by atoms with Gasteiger partial charge in [-0.3, -0.25) is 9.59 Å². The molecule has 3 aromatic rings. The molecule has 1 aromatic heterocycles. The summed E-state index contributed by atoms with van der Waals surface area (Å²) >= 11 is 0. The smallest absolute Gasteiger partial charge is 0.328 e. The normalized spacial score (nSPS) is 13.1. The molecule has 150 valence electrons. The quantitative estimate of drug-likeness (QED) is 0.611. The maximum atomic E-state index is 12.5. The number of aliphatic hydroxyl groups is 1. The van der Waals surface area contributed by atoms with Crippen molar-refractivity contribution in [2.45, 2.75) is 32.9 Å². The maximum absolute atomic E-state index is 12.5. The average molecular weight is 395 g/mol. The van der Waals surface area contributed by atoms with Crippen molar-refractivity contribution < 1.29 is 24.2 Å². The van der Waals surface area contributed by atoms with Gasteiger partial charge in [-0.15, -0.1) is 0 Å². The van der Waals surface area contributed by atoms with Gasteiger partial charge in [0.2, 0.25) is 0 Å². The molecule has 0 aliphatic heterocycles. The van der Waals surface area contributed by atoms with Gasteiger partial charge in [0.05, 0.1) is 11.5 Å². The average Bonchev–Trinajstić information content (AvgIpc) is 2.66. The number of amides is 1. The van der Waals surface area contributed by atoms with Gasteiger partial charge in [0.15, 0.2) is 11.5 Å². The van der Waals surface area contributed by atoms with E-state index in [1.54, 1.807) is 18.2 Å². The Balaban J connectivity index is 1.91. The van der Waals surface area contributed by atoms with E-state index in [4.69, 9.17) is 9.52 Å². The number of benzene rings is 2. The number of aliphatic carboxylic acids is 1. The van der Waals surface area contributed by atoms with Crippen molar-refractivity contribution in [3.8, 4) is 11.3 Å². The molecule has 0 saturated carbocycles. The molecular weight excluding hydrogens is 374 g/mol. The molecule has 0 bridgehead atoms. The highest BCUT2D eigenvalue weighted by Crippen LogP contribution is 2.25. The Labute approximate surface area is 166 Å². The second-order valence-electron chi connectivity index (χ2n) is 7.04. The molecule has 1 amide bonds. The Kier molecular flexibility index (Phi) is 5.52. The number of rotatable bonds is 5. The lowest BCUT2D eigenvalue weighted by atomic mass is 10.0. The number of carbonyl (C=O) groups excluding carboxylic acids is 1. The van der Waals surface area contributed by atoms with E-state index in [1.807, 2.05) is 19.9 Å². The third-order valence-corrected chi connectivity index (χ3v) is 4.63. The fraction of sp³-hybridized carbons (Fsp3) is 0.227. The monoisotopic (exact) mass is 395 g/mol. The molecule has 0 fully saturated rings. The Morgan fingerprint density at radius 1 is 1.07 bits per heavy atom. The van der Waals surface area contributed by atoms with Crippen LogP contribution in [0.15, 0.2) is 51.7 Å². The number of carboxylic acid groups (broad SMARTS) is 1. The van der Waals surface area contributed by atoms with E-state index in [9.17, 15) is 19.5 Å². The Hall–Kier alpha value is -3.45. The number of carboxylic acids is 1. The summed E-state index contributed by atoms with van der Waals surface area (Å²) in [7, 11) is 0. The fourth-order valence-electron chi connectivity index (χ4n) is 3.15. The maximum Gasteiger partial charge on any atom is 0.328 e. The van der Waals surface area contributed by atoms with Crippen molar-refractivity contribution in [2.24, 2.45) is 0 Å². The highest BCUT2D eigenvalue weighted by molar-refractivity contribution is 5.97. The first-order chi connectivity index (χ1) is 13.7. The summed E-state index contributed by atoms with van der Waals surface area (Å²) in [5, 5.41) is 21.3. The number of hydrogen-bond acceptors (Lipinski definition) is 5. The molecule has 3 rings (SSSR count). The summed E-state index contributed by atoms with van der Waals surface area (Å²) < 4.78 is 5.93. The zero-order valence-corrected chi connectivity index (χ0v) is 16.2. The summed E-state index contributed by atoms with van der Waals surface area (Å²) in [6.07, 6.45) is -1.24. The van der Waals surface area contributed by atoms with Gasteiger partial charge in [-0.05, 0) is 50.1 Å². The Bertz CT molecular complexity index is 1140. The largest absolute Gasteiger partial charge is 0.480 e. The van der Waals surface area contributed by atoms with E-state index >= 15 is 0 Å². The number of nitrogens with one attached hydrogen (secondary N) is 1. The molecule has 2 atom stereocenters. The van der Waals surface area contributed by atoms with Crippen LogP contribution >= 0.6 is 0 Å². The van der Waals surface area contributed by atoms with E-state index < -0.39 is 24.0 Å². The van der Waals surface area contributed by atoms with Crippen LogP contribution in [0.1, 0.15) is 28.4 Å². The molecule has 29 heavy (non-hydrogen) atoms. The molecule has 7 nitrogen and oxygen atoms in total. The molecule has 1 heterocycles. The van der Waals surface area contributed by atoms with Crippen LogP contribution in [0, 0.1) is 13.8 Å². The van der Waals surface area contributed by atoms with E-state index in [1.165, 1.54) is 25.1 Å². The second-order valence-corrected chi connectivity index (χ2v) is 7.04. The van der Waals surface area contributed by atoms with Gasteiger partial charge in [0.1, 0.15) is 11.3 Å². The van der Waals surface area contributed by atoms with Gasteiger partial charge in [0.25, 0.3) is 5.91 Å². The van der Waals surface area contributed by atoms with E-state index in [2.05, 4.69) is 5.32 Å². The SMILES string of the molecule is Cc1cc(C)c2oc(-c3ccc(C(=O)NC(C(=O)O)C(C)O)cc3)cc(=O)c2c1. The lowest BCUT2D eigenvalue weighted by molar-refractivity contribution is -0.141. The van der Waals surface area contributed by atoms with Crippen LogP contribution in [0.2, 0.25) is 0 Å². The third-order valence-electron chi connectivity index (χ3n) is 4.63. The summed E-state index contributed by atoms with van der Waals surface area (Å²) in [6.45, 7) is 5.07. The van der Waals surface area contributed by atoms with Gasteiger partial charge in [-0.1, -0.05) is 18.2 Å². The minimum Gasteiger partial charge on any atom is -0.480 e. The van der Waals surface area contributed by atoms with E-state index in [0.29, 0.717) is 22.3 Å². The van der Waals surface area contributed by atoms with Crippen LogP contribution in [0.4, 0.5) is 0 Å². The first kappa shape index (κ1) is 20.3. The summed E-state index contributed by atoms with van der Waals surface area (Å²) in [6, 6.07) is 9.93. The van der Waals surface area contributed by atoms with E-state index in [-0.39, 0.29) is 11.0 Å². The van der Waals surface area contributed by atoms with Gasteiger partial charge in [-0.2, -0.15) is 0 Å². The second kappa shape index (κ2) is 7.89. The summed E-state index contributed by atoms with van der Waals surface area (Å²) in [5.41, 5.74) is 3.01. The number of fused-ring (bicyclic) bond motifs is 1. The van der Waals surface area contributed by atoms with Crippen molar-refractivity contribution in [1.29, 1.82) is 0 Å². The van der Waals surface area contributed by atoms with Gasteiger partial charge in [-0.25, -0.2) is 4.79 Å². The van der Waals surface area contributed by atoms with Crippen LogP contribution in [0.3, 0.4) is 0 Å². The minimum atomic E-state index is -1.41. The molecule has 2 aromatic carbocycles. The molecule has 2 unspecified atom stereocenters. The fourth-order valence-corrected chi connectivity index (χ4v) is 3.15. The minimum absolute atomic E-state index is 0.156. The van der Waals surface area contributed by atoms with Gasteiger partial charge >= 0.3 is 5.97 Å². The van der Waals surface area contributed by atoms with Gasteiger partial charge < -0.3 is 19.9 Å². The van der Waals surface area contributed by atoms with Crippen molar-refractivity contribution in [3.63, 3.8) is 0 Å². The number of hydrogen-bond donors (Lipinski definition) is 3. The van der Waals surface area contributed by atoms with Crippen molar-refractivity contribution in [2.75, 3.05) is 0 Å². The molecule has 3 N–H and O–H groups in total. The highest BCUT2D eigenvalue weighted by atomic mass is 16.4. The van der Waals surface area contributed by atoms with Gasteiger partial charge in [0, 0.05) is 17.2 Å². The first-order valence-electron chi connectivity index (χ1n) is 9.04. The number of aryl methyl sites for hydroxylation is 2. The predicted octanol–water partition coefficient (Wildman–Crippen LogP) is 2.64. The van der Waals surface area contributed by atoms with Crippen LogP contribution in [0.5, 0.6) is 0 Å². The molecule has 0 aliphatic carbocycles. The lowest BCUT2D eigenvalue weighted by Crippen LogP contribution is -2.47. The number of aliphatic hydroxyl groups excluding tert-OH is 1. The summed E-state index contributed by atoms with van der Waals surface area (Å²) in [5.74, 6) is -1.58. The van der Waals surface area contributed by atoms with Crippen molar-refractivity contribution >= 4 is 22.8 Å². The van der Waals surface area contributed by atoms with Crippen LogP contribution in [-0.2, 0) is 4.79 Å². The van der Waals surface area contributed by atoms with Crippen LogP contribution in [0.25, 0.3) is 22.3 Å². The molecule has 0 spiro atoms. The molecule has 7 heteroatoms. The zero-order chi connectivity index (χ0) is 21.3. The van der Waals surface area contributed by atoms with E-state index in [0.717, 1.165) is 11.1 Å².